The summed E-state index contributed by atoms with van der Waals surface area (Å²) in [5, 5.41) is 5.41. The standard InChI is InChI=1S/C27H34N4O.ClH/c1-3-5-14-28-26(32)19-21-10-12-22(13-11-21)25-20-23-8-6-7-9-24(23)27(29-25)31-17-15-30(4-2)16-18-31;/h6-13,20H,3-5,14-19H2,1-2H3,(H,28,32);1H. The van der Waals surface area contributed by atoms with Gasteiger partial charge in [0.2, 0.25) is 5.91 Å². The Hall–Kier alpha value is -2.63. The molecule has 2 aromatic carbocycles. The number of anilines is 1. The lowest BCUT2D eigenvalue weighted by Gasteiger charge is -2.35. The van der Waals surface area contributed by atoms with E-state index in [0.29, 0.717) is 6.42 Å². The van der Waals surface area contributed by atoms with Crippen molar-refractivity contribution in [1.82, 2.24) is 15.2 Å². The predicted molar refractivity (Wildman–Crippen MR) is 140 cm³/mol. The third-order valence-electron chi connectivity index (χ3n) is 6.31. The first-order valence-corrected chi connectivity index (χ1v) is 11.9. The molecule has 0 spiro atoms. The Balaban J connectivity index is 0.00000306. The van der Waals surface area contributed by atoms with E-state index in [1.807, 2.05) is 12.1 Å². The summed E-state index contributed by atoms with van der Waals surface area (Å²) in [6, 6.07) is 19.0. The maximum Gasteiger partial charge on any atom is 0.224 e. The Kier molecular flexibility index (Phi) is 9.10. The third-order valence-corrected chi connectivity index (χ3v) is 6.31. The molecule has 1 N–H and O–H groups in total. The molecule has 176 valence electrons. The van der Waals surface area contributed by atoms with Crippen LogP contribution in [0.3, 0.4) is 0 Å². The molecule has 0 unspecified atom stereocenters. The summed E-state index contributed by atoms with van der Waals surface area (Å²) in [7, 11) is 0. The van der Waals surface area contributed by atoms with Gasteiger partial charge in [-0.1, -0.05) is 68.8 Å². The number of carbonyl (C=O) groups excluding carboxylic acids is 1. The van der Waals surface area contributed by atoms with Crippen molar-refractivity contribution in [3.05, 3.63) is 60.2 Å². The average molecular weight is 467 g/mol. The van der Waals surface area contributed by atoms with Gasteiger partial charge in [-0.2, -0.15) is 0 Å². The minimum Gasteiger partial charge on any atom is -0.356 e. The number of likely N-dealkylation sites (N-methyl/N-ethyl adjacent to an activating group) is 1. The van der Waals surface area contributed by atoms with Crippen LogP contribution in [0, 0.1) is 0 Å². The lowest BCUT2D eigenvalue weighted by molar-refractivity contribution is -0.120. The van der Waals surface area contributed by atoms with E-state index in [2.05, 4.69) is 71.4 Å². The topological polar surface area (TPSA) is 48.5 Å². The summed E-state index contributed by atoms with van der Waals surface area (Å²) in [5.74, 6) is 1.16. The van der Waals surface area contributed by atoms with Crippen LogP contribution in [0.2, 0.25) is 0 Å². The molecule has 1 amide bonds. The Morgan fingerprint density at radius 1 is 1.00 bits per heavy atom. The second-order valence-electron chi connectivity index (χ2n) is 8.55. The molecule has 1 aliphatic rings. The number of unbranched alkanes of at least 4 members (excludes halogenated alkanes) is 1. The van der Waals surface area contributed by atoms with Crippen LogP contribution in [0.5, 0.6) is 0 Å². The van der Waals surface area contributed by atoms with Crippen LogP contribution in [0.1, 0.15) is 32.3 Å². The van der Waals surface area contributed by atoms with Crippen molar-refractivity contribution in [1.29, 1.82) is 0 Å². The second kappa shape index (κ2) is 12.0. The zero-order valence-corrected chi connectivity index (χ0v) is 20.5. The number of halogens is 1. The fraction of sp³-hybridized carbons (Fsp3) is 0.407. The normalized spacial score (nSPS) is 14.2. The van der Waals surface area contributed by atoms with Gasteiger partial charge in [-0.25, -0.2) is 4.98 Å². The van der Waals surface area contributed by atoms with Crippen LogP contribution in [-0.2, 0) is 11.2 Å². The zero-order chi connectivity index (χ0) is 22.3. The van der Waals surface area contributed by atoms with Crippen LogP contribution in [0.15, 0.2) is 54.6 Å². The minimum atomic E-state index is 0. The minimum absolute atomic E-state index is 0. The summed E-state index contributed by atoms with van der Waals surface area (Å²) in [6.45, 7) is 10.4. The van der Waals surface area contributed by atoms with Gasteiger partial charge < -0.3 is 15.1 Å². The molecule has 0 radical (unpaired) electrons. The molecule has 0 bridgehead atoms. The van der Waals surface area contributed by atoms with Gasteiger partial charge in [0.05, 0.1) is 12.1 Å². The van der Waals surface area contributed by atoms with Gasteiger partial charge in [-0.3, -0.25) is 4.79 Å². The molecule has 0 saturated carbocycles. The van der Waals surface area contributed by atoms with Crippen LogP contribution < -0.4 is 10.2 Å². The molecule has 1 aromatic heterocycles. The van der Waals surface area contributed by atoms with Gasteiger partial charge in [0.15, 0.2) is 0 Å². The van der Waals surface area contributed by atoms with Crippen LogP contribution in [0.25, 0.3) is 22.0 Å². The predicted octanol–water partition coefficient (Wildman–Crippen LogP) is 4.92. The number of fused-ring (bicyclic) bond motifs is 1. The highest BCUT2D eigenvalue weighted by Crippen LogP contribution is 2.30. The maximum absolute atomic E-state index is 12.1. The molecular weight excluding hydrogens is 432 g/mol. The molecule has 6 heteroatoms. The van der Waals surface area contributed by atoms with Crippen molar-refractivity contribution in [3.8, 4) is 11.3 Å². The first-order chi connectivity index (χ1) is 15.7. The van der Waals surface area contributed by atoms with Crippen molar-refractivity contribution < 1.29 is 4.79 Å². The Labute approximate surface area is 203 Å². The molecular formula is C27H35ClN4O. The average Bonchev–Trinajstić information content (AvgIpc) is 2.84. The number of pyridine rings is 1. The quantitative estimate of drug-likeness (QED) is 0.478. The van der Waals surface area contributed by atoms with Gasteiger partial charge >= 0.3 is 0 Å². The van der Waals surface area contributed by atoms with E-state index in [-0.39, 0.29) is 18.3 Å². The van der Waals surface area contributed by atoms with Gasteiger partial charge in [-0.15, -0.1) is 12.4 Å². The molecule has 33 heavy (non-hydrogen) atoms. The molecule has 1 aliphatic heterocycles. The van der Waals surface area contributed by atoms with Crippen LogP contribution in [0.4, 0.5) is 5.82 Å². The highest BCUT2D eigenvalue weighted by atomic mass is 35.5. The number of aromatic nitrogens is 1. The second-order valence-corrected chi connectivity index (χ2v) is 8.55. The number of hydrogen-bond acceptors (Lipinski definition) is 4. The van der Waals surface area contributed by atoms with Crippen molar-refractivity contribution >= 4 is 34.9 Å². The first-order valence-electron chi connectivity index (χ1n) is 11.9. The fourth-order valence-corrected chi connectivity index (χ4v) is 4.29. The van der Waals surface area contributed by atoms with E-state index < -0.39 is 0 Å². The summed E-state index contributed by atoms with van der Waals surface area (Å²) in [6.07, 6.45) is 2.53. The SMILES string of the molecule is CCCCNC(=O)Cc1ccc(-c2cc3ccccc3c(N3CCN(CC)CC3)n2)cc1.Cl. The summed E-state index contributed by atoms with van der Waals surface area (Å²) in [4.78, 5) is 22.1. The molecule has 0 atom stereocenters. The summed E-state index contributed by atoms with van der Waals surface area (Å²) >= 11 is 0. The fourth-order valence-electron chi connectivity index (χ4n) is 4.29. The zero-order valence-electron chi connectivity index (χ0n) is 19.7. The van der Waals surface area contributed by atoms with Crippen molar-refractivity contribution in [2.45, 2.75) is 33.1 Å². The van der Waals surface area contributed by atoms with Crippen LogP contribution in [-0.4, -0.2) is 55.1 Å². The lowest BCUT2D eigenvalue weighted by atomic mass is 10.0. The first kappa shape index (κ1) is 25.0. The molecule has 2 heterocycles. The molecule has 3 aromatic rings. The number of carbonyl (C=O) groups is 1. The molecule has 0 aliphatic carbocycles. The lowest BCUT2D eigenvalue weighted by Crippen LogP contribution is -2.46. The number of rotatable bonds is 8. The number of nitrogens with one attached hydrogen (secondary N) is 1. The van der Waals surface area contributed by atoms with Gasteiger partial charge in [0, 0.05) is 43.7 Å². The Morgan fingerprint density at radius 2 is 1.73 bits per heavy atom. The molecule has 5 nitrogen and oxygen atoms in total. The third kappa shape index (κ3) is 6.24. The maximum atomic E-state index is 12.1. The van der Waals surface area contributed by atoms with E-state index in [4.69, 9.17) is 4.98 Å². The number of amides is 1. The van der Waals surface area contributed by atoms with E-state index in [1.165, 1.54) is 10.8 Å². The van der Waals surface area contributed by atoms with Gasteiger partial charge in [0.1, 0.15) is 5.82 Å². The van der Waals surface area contributed by atoms with Gasteiger partial charge in [0.25, 0.3) is 0 Å². The Morgan fingerprint density at radius 3 is 2.42 bits per heavy atom. The molecule has 1 saturated heterocycles. The number of benzene rings is 2. The number of nitrogens with zero attached hydrogens (tertiary/aromatic N) is 3. The van der Waals surface area contributed by atoms with E-state index in [9.17, 15) is 4.79 Å². The highest BCUT2D eigenvalue weighted by Gasteiger charge is 2.19. The van der Waals surface area contributed by atoms with Crippen molar-refractivity contribution in [2.24, 2.45) is 0 Å². The van der Waals surface area contributed by atoms with Gasteiger partial charge in [-0.05, 0) is 30.0 Å². The van der Waals surface area contributed by atoms with Crippen molar-refractivity contribution in [3.63, 3.8) is 0 Å². The van der Waals surface area contributed by atoms with E-state index >= 15 is 0 Å². The van der Waals surface area contributed by atoms with Crippen LogP contribution >= 0.6 is 12.4 Å². The van der Waals surface area contributed by atoms with Crippen molar-refractivity contribution in [2.75, 3.05) is 44.2 Å². The van der Waals surface area contributed by atoms with E-state index in [1.54, 1.807) is 0 Å². The highest BCUT2D eigenvalue weighted by molar-refractivity contribution is 5.95. The van der Waals surface area contributed by atoms with E-state index in [0.717, 1.165) is 74.7 Å². The molecule has 4 rings (SSSR count). The smallest absolute Gasteiger partial charge is 0.224 e. The Bertz CT molecular complexity index is 1050. The summed E-state index contributed by atoms with van der Waals surface area (Å²) in [5.41, 5.74) is 3.09. The monoisotopic (exact) mass is 466 g/mol. The molecule has 1 fully saturated rings. The number of hydrogen-bond donors (Lipinski definition) is 1. The largest absolute Gasteiger partial charge is 0.356 e. The number of piperazine rings is 1. The summed E-state index contributed by atoms with van der Waals surface area (Å²) < 4.78 is 0.